The number of carbonyl (C=O) groups is 1. The van der Waals surface area contributed by atoms with Crippen molar-refractivity contribution >= 4 is 5.78 Å². The van der Waals surface area contributed by atoms with E-state index in [1.54, 1.807) is 0 Å². The molecule has 2 heteroatoms. The van der Waals surface area contributed by atoms with Crippen LogP contribution >= 0.6 is 0 Å². The molecule has 0 saturated heterocycles. The third kappa shape index (κ3) is 4.59. The molecule has 21 heavy (non-hydrogen) atoms. The fourth-order valence-electron chi connectivity index (χ4n) is 2.87. The largest absolute Gasteiger partial charge is 0.487 e. The number of carbonyl (C=O) groups excluding carboxylic acids is 1. The van der Waals surface area contributed by atoms with E-state index in [1.165, 1.54) is 12.0 Å². The normalized spacial score (nSPS) is 16.4. The number of unbranched alkanes of at least 4 members (excludes halogenated alkanes) is 1. The van der Waals surface area contributed by atoms with Crippen molar-refractivity contribution in [3.63, 3.8) is 0 Å². The average molecular weight is 288 g/mol. The molecule has 116 valence electrons. The Morgan fingerprint density at radius 1 is 1.24 bits per heavy atom. The Morgan fingerprint density at radius 2 is 1.95 bits per heavy atom. The van der Waals surface area contributed by atoms with Gasteiger partial charge in [0.2, 0.25) is 0 Å². The minimum Gasteiger partial charge on any atom is -0.487 e. The monoisotopic (exact) mass is 288 g/mol. The lowest BCUT2D eigenvalue weighted by molar-refractivity contribution is 0.0977. The molecule has 0 bridgehead atoms. The predicted octanol–water partition coefficient (Wildman–Crippen LogP) is 5.19. The van der Waals surface area contributed by atoms with E-state index in [9.17, 15) is 4.79 Å². The fourth-order valence-corrected chi connectivity index (χ4v) is 2.87. The lowest BCUT2D eigenvalue weighted by atomic mass is 9.89. The molecule has 0 aromatic heterocycles. The van der Waals surface area contributed by atoms with Gasteiger partial charge in [0.25, 0.3) is 0 Å². The number of hydrogen-bond acceptors (Lipinski definition) is 2. The van der Waals surface area contributed by atoms with Crippen LogP contribution in [-0.2, 0) is 6.42 Å². The minimum atomic E-state index is -0.142. The Labute approximate surface area is 128 Å². The zero-order valence-electron chi connectivity index (χ0n) is 14.1. The van der Waals surface area contributed by atoms with Gasteiger partial charge in [-0.2, -0.15) is 0 Å². The van der Waals surface area contributed by atoms with Gasteiger partial charge in [-0.15, -0.1) is 0 Å². The van der Waals surface area contributed by atoms with Gasteiger partial charge >= 0.3 is 0 Å². The summed E-state index contributed by atoms with van der Waals surface area (Å²) in [4.78, 5) is 12.3. The standard InChI is InChI=1S/C19H28O2/c1-18(2,3)11-7-6-8-16(20)14-9-10-17-15(12-14)13-19(4,5)21-17/h9-10,12H,6-8,11,13H2,1-5H3. The number of ketones is 1. The molecule has 1 aromatic carbocycles. The maximum atomic E-state index is 12.3. The predicted molar refractivity (Wildman–Crippen MR) is 87.1 cm³/mol. The van der Waals surface area contributed by atoms with E-state index in [4.69, 9.17) is 4.74 Å². The molecule has 2 rings (SSSR count). The molecule has 1 aromatic rings. The van der Waals surface area contributed by atoms with Crippen LogP contribution < -0.4 is 4.74 Å². The molecule has 0 spiro atoms. The Morgan fingerprint density at radius 3 is 2.62 bits per heavy atom. The second-order valence-electron chi connectivity index (χ2n) is 8.05. The maximum Gasteiger partial charge on any atom is 0.162 e. The van der Waals surface area contributed by atoms with Crippen LogP contribution in [0.15, 0.2) is 18.2 Å². The number of benzene rings is 1. The lowest BCUT2D eigenvalue weighted by Crippen LogP contribution is -2.24. The number of fused-ring (bicyclic) bond motifs is 1. The molecular weight excluding hydrogens is 260 g/mol. The first-order valence-corrected chi connectivity index (χ1v) is 8.01. The first-order valence-electron chi connectivity index (χ1n) is 8.01. The Kier molecular flexibility index (Phi) is 4.46. The molecule has 0 atom stereocenters. The van der Waals surface area contributed by atoms with E-state index in [1.807, 2.05) is 18.2 Å². The molecular formula is C19H28O2. The SMILES string of the molecule is CC(C)(C)CCCCC(=O)c1ccc2c(c1)CC(C)(C)O2. The third-order valence-corrected chi connectivity index (χ3v) is 3.97. The van der Waals surface area contributed by atoms with Crippen LogP contribution in [0.1, 0.15) is 76.2 Å². The summed E-state index contributed by atoms with van der Waals surface area (Å²) in [5.41, 5.74) is 2.22. The number of rotatable bonds is 5. The maximum absolute atomic E-state index is 12.3. The highest BCUT2D eigenvalue weighted by Gasteiger charge is 2.30. The minimum absolute atomic E-state index is 0.142. The molecule has 0 amide bonds. The lowest BCUT2D eigenvalue weighted by Gasteiger charge is -2.17. The number of ether oxygens (including phenoxy) is 1. The molecule has 1 aliphatic heterocycles. The summed E-state index contributed by atoms with van der Waals surface area (Å²) in [5.74, 6) is 1.20. The van der Waals surface area contributed by atoms with E-state index < -0.39 is 0 Å². The number of hydrogen-bond donors (Lipinski definition) is 0. The molecule has 0 aliphatic carbocycles. The average Bonchev–Trinajstić information content (AvgIpc) is 2.65. The summed E-state index contributed by atoms with van der Waals surface area (Å²) in [6, 6.07) is 5.88. The van der Waals surface area contributed by atoms with E-state index >= 15 is 0 Å². The molecule has 0 fully saturated rings. The van der Waals surface area contributed by atoms with E-state index in [-0.39, 0.29) is 11.4 Å². The second-order valence-corrected chi connectivity index (χ2v) is 8.05. The second kappa shape index (κ2) is 5.82. The number of Topliss-reactive ketones (excluding diaryl/α,β-unsaturated/α-hetero) is 1. The Hall–Kier alpha value is -1.31. The van der Waals surface area contributed by atoms with Crippen molar-refractivity contribution in [2.45, 2.75) is 72.3 Å². The van der Waals surface area contributed by atoms with Gasteiger partial charge < -0.3 is 4.74 Å². The smallest absolute Gasteiger partial charge is 0.162 e. The van der Waals surface area contributed by atoms with Crippen molar-refractivity contribution in [1.29, 1.82) is 0 Å². The van der Waals surface area contributed by atoms with E-state index in [2.05, 4.69) is 34.6 Å². The molecule has 1 aliphatic rings. The highest BCUT2D eigenvalue weighted by Crippen LogP contribution is 2.35. The van der Waals surface area contributed by atoms with Gasteiger partial charge in [-0.05, 0) is 55.9 Å². The van der Waals surface area contributed by atoms with Gasteiger partial charge in [0, 0.05) is 18.4 Å². The van der Waals surface area contributed by atoms with Crippen LogP contribution in [0, 0.1) is 5.41 Å². The topological polar surface area (TPSA) is 26.3 Å². The van der Waals surface area contributed by atoms with Gasteiger partial charge in [-0.25, -0.2) is 0 Å². The molecule has 1 heterocycles. The highest BCUT2D eigenvalue weighted by atomic mass is 16.5. The van der Waals surface area contributed by atoms with Crippen LogP contribution in [0.3, 0.4) is 0 Å². The summed E-state index contributed by atoms with van der Waals surface area (Å²) in [5, 5.41) is 0. The van der Waals surface area contributed by atoms with Gasteiger partial charge in [0.05, 0.1) is 0 Å². The van der Waals surface area contributed by atoms with Crippen LogP contribution in [0.2, 0.25) is 0 Å². The van der Waals surface area contributed by atoms with Crippen molar-refractivity contribution in [3.05, 3.63) is 29.3 Å². The Balaban J connectivity index is 1.90. The summed E-state index contributed by atoms with van der Waals surface area (Å²) >= 11 is 0. The van der Waals surface area contributed by atoms with E-state index in [0.717, 1.165) is 30.6 Å². The highest BCUT2D eigenvalue weighted by molar-refractivity contribution is 5.96. The molecule has 0 radical (unpaired) electrons. The van der Waals surface area contributed by atoms with Crippen LogP contribution in [0.4, 0.5) is 0 Å². The van der Waals surface area contributed by atoms with Gasteiger partial charge in [-0.1, -0.05) is 27.2 Å². The van der Waals surface area contributed by atoms with Crippen molar-refractivity contribution in [2.24, 2.45) is 5.41 Å². The Bertz CT molecular complexity index is 521. The van der Waals surface area contributed by atoms with Gasteiger partial charge in [-0.3, -0.25) is 4.79 Å². The summed E-state index contributed by atoms with van der Waals surface area (Å²) in [6.45, 7) is 10.9. The summed E-state index contributed by atoms with van der Waals surface area (Å²) in [7, 11) is 0. The molecule has 0 unspecified atom stereocenters. The first kappa shape index (κ1) is 16.1. The van der Waals surface area contributed by atoms with Crippen molar-refractivity contribution in [1.82, 2.24) is 0 Å². The van der Waals surface area contributed by atoms with Crippen LogP contribution in [0.25, 0.3) is 0 Å². The quantitative estimate of drug-likeness (QED) is 0.550. The van der Waals surface area contributed by atoms with Crippen molar-refractivity contribution < 1.29 is 9.53 Å². The fraction of sp³-hybridized carbons (Fsp3) is 0.632. The zero-order valence-corrected chi connectivity index (χ0v) is 14.1. The third-order valence-electron chi connectivity index (χ3n) is 3.97. The zero-order chi connectivity index (χ0) is 15.7. The van der Waals surface area contributed by atoms with Crippen molar-refractivity contribution in [2.75, 3.05) is 0 Å². The molecule has 0 saturated carbocycles. The molecule has 0 N–H and O–H groups in total. The van der Waals surface area contributed by atoms with Crippen LogP contribution in [0.5, 0.6) is 5.75 Å². The van der Waals surface area contributed by atoms with Gasteiger partial charge in [0.1, 0.15) is 11.4 Å². The summed E-state index contributed by atoms with van der Waals surface area (Å²) in [6.07, 6.45) is 4.81. The van der Waals surface area contributed by atoms with Crippen LogP contribution in [-0.4, -0.2) is 11.4 Å². The first-order chi connectivity index (χ1) is 9.66. The van der Waals surface area contributed by atoms with Crippen molar-refractivity contribution in [3.8, 4) is 5.75 Å². The van der Waals surface area contributed by atoms with Gasteiger partial charge in [0.15, 0.2) is 5.78 Å². The summed E-state index contributed by atoms with van der Waals surface area (Å²) < 4.78 is 5.85. The molecule has 2 nitrogen and oxygen atoms in total. The van der Waals surface area contributed by atoms with E-state index in [0.29, 0.717) is 11.8 Å².